The van der Waals surface area contributed by atoms with Crippen molar-refractivity contribution in [3.63, 3.8) is 0 Å². The Balaban J connectivity index is 1.61. The van der Waals surface area contributed by atoms with Gasteiger partial charge in [-0.25, -0.2) is 5.01 Å². The summed E-state index contributed by atoms with van der Waals surface area (Å²) in [5.74, 6) is -0.336. The number of aryl methyl sites for hydroxylation is 1. The van der Waals surface area contributed by atoms with Crippen LogP contribution in [0.3, 0.4) is 0 Å². The molecule has 2 aromatic carbocycles. The Morgan fingerprint density at radius 2 is 1.80 bits per heavy atom. The standard InChI is InChI=1S/C20H21N3O2/c1-15-7-9-16(10-8-15)13-21-19(24)14-23-20(25)12-11-18(22-23)17-5-3-2-4-6-17/h2-10H,11-14H2,1H3,(H,21,24). The molecule has 0 fully saturated rings. The first-order chi connectivity index (χ1) is 12.1. The molecular formula is C20H21N3O2. The van der Waals surface area contributed by atoms with Crippen molar-refractivity contribution in [2.45, 2.75) is 26.3 Å². The van der Waals surface area contributed by atoms with E-state index in [2.05, 4.69) is 10.4 Å². The Bertz CT molecular complexity index is 782. The fourth-order valence-electron chi connectivity index (χ4n) is 2.66. The molecule has 0 saturated carbocycles. The van der Waals surface area contributed by atoms with Gasteiger partial charge in [-0.2, -0.15) is 5.10 Å². The number of nitrogens with one attached hydrogen (secondary N) is 1. The lowest BCUT2D eigenvalue weighted by atomic mass is 10.0. The first-order valence-corrected chi connectivity index (χ1v) is 8.37. The number of carbonyl (C=O) groups excluding carboxylic acids is 2. The molecule has 1 aliphatic heterocycles. The van der Waals surface area contributed by atoms with Crippen molar-refractivity contribution in [2.24, 2.45) is 5.10 Å². The summed E-state index contributed by atoms with van der Waals surface area (Å²) in [4.78, 5) is 24.2. The summed E-state index contributed by atoms with van der Waals surface area (Å²) < 4.78 is 0. The number of carbonyl (C=O) groups is 2. The molecule has 2 amide bonds. The van der Waals surface area contributed by atoms with Crippen molar-refractivity contribution in [3.8, 4) is 0 Å². The number of amides is 2. The Labute approximate surface area is 147 Å². The predicted octanol–water partition coefficient (Wildman–Crippen LogP) is 2.64. The van der Waals surface area contributed by atoms with Crippen LogP contribution in [0.15, 0.2) is 59.7 Å². The fraction of sp³-hybridized carbons (Fsp3) is 0.250. The molecule has 2 aromatic rings. The summed E-state index contributed by atoms with van der Waals surface area (Å²) >= 11 is 0. The average Bonchev–Trinajstić information content (AvgIpc) is 2.64. The quantitative estimate of drug-likeness (QED) is 0.913. The van der Waals surface area contributed by atoms with E-state index in [1.165, 1.54) is 10.6 Å². The summed E-state index contributed by atoms with van der Waals surface area (Å²) in [7, 11) is 0. The molecule has 5 nitrogen and oxygen atoms in total. The van der Waals surface area contributed by atoms with Crippen molar-refractivity contribution >= 4 is 17.5 Å². The molecule has 1 aliphatic rings. The lowest BCUT2D eigenvalue weighted by Crippen LogP contribution is -2.40. The number of hydrogen-bond acceptors (Lipinski definition) is 3. The average molecular weight is 335 g/mol. The molecule has 0 spiro atoms. The summed E-state index contributed by atoms with van der Waals surface area (Å²) in [6.07, 6.45) is 0.975. The summed E-state index contributed by atoms with van der Waals surface area (Å²) in [6, 6.07) is 17.7. The van der Waals surface area contributed by atoms with Crippen molar-refractivity contribution in [2.75, 3.05) is 6.54 Å². The fourth-order valence-corrected chi connectivity index (χ4v) is 2.66. The highest BCUT2D eigenvalue weighted by molar-refractivity contribution is 6.04. The molecule has 3 rings (SSSR count). The second kappa shape index (κ2) is 7.75. The maximum atomic E-state index is 12.2. The lowest BCUT2D eigenvalue weighted by Gasteiger charge is -2.23. The first-order valence-electron chi connectivity index (χ1n) is 8.37. The highest BCUT2D eigenvalue weighted by Crippen LogP contribution is 2.14. The third kappa shape index (κ3) is 4.53. The van der Waals surface area contributed by atoms with Gasteiger partial charge >= 0.3 is 0 Å². The molecule has 128 valence electrons. The van der Waals surface area contributed by atoms with E-state index in [0.717, 1.165) is 16.8 Å². The third-order valence-corrected chi connectivity index (χ3v) is 4.12. The highest BCUT2D eigenvalue weighted by Gasteiger charge is 2.23. The van der Waals surface area contributed by atoms with E-state index >= 15 is 0 Å². The van der Waals surface area contributed by atoms with Gasteiger partial charge in [0.2, 0.25) is 11.8 Å². The summed E-state index contributed by atoms with van der Waals surface area (Å²) in [6.45, 7) is 2.41. The predicted molar refractivity (Wildman–Crippen MR) is 97.0 cm³/mol. The van der Waals surface area contributed by atoms with Gasteiger partial charge in [0, 0.05) is 19.4 Å². The van der Waals surface area contributed by atoms with E-state index in [-0.39, 0.29) is 18.4 Å². The van der Waals surface area contributed by atoms with Crippen LogP contribution in [-0.2, 0) is 16.1 Å². The zero-order chi connectivity index (χ0) is 17.6. The van der Waals surface area contributed by atoms with Crippen LogP contribution in [0, 0.1) is 6.92 Å². The Morgan fingerprint density at radius 3 is 2.52 bits per heavy atom. The van der Waals surface area contributed by atoms with Gasteiger partial charge in [0.05, 0.1) is 5.71 Å². The molecule has 0 bridgehead atoms. The molecule has 0 aromatic heterocycles. The van der Waals surface area contributed by atoms with Gasteiger partial charge in [0.25, 0.3) is 0 Å². The molecule has 25 heavy (non-hydrogen) atoms. The van der Waals surface area contributed by atoms with Gasteiger partial charge < -0.3 is 5.32 Å². The van der Waals surface area contributed by atoms with Crippen LogP contribution in [-0.4, -0.2) is 29.1 Å². The van der Waals surface area contributed by atoms with E-state index in [9.17, 15) is 9.59 Å². The van der Waals surface area contributed by atoms with E-state index in [1.54, 1.807) is 0 Å². The van der Waals surface area contributed by atoms with Gasteiger partial charge in [-0.15, -0.1) is 0 Å². The molecule has 0 atom stereocenters. The number of hydrazone groups is 1. The maximum Gasteiger partial charge on any atom is 0.243 e. The Morgan fingerprint density at radius 1 is 1.08 bits per heavy atom. The zero-order valence-corrected chi connectivity index (χ0v) is 14.2. The first kappa shape index (κ1) is 16.9. The second-order valence-electron chi connectivity index (χ2n) is 6.13. The molecule has 0 saturated heterocycles. The molecule has 0 aliphatic carbocycles. The van der Waals surface area contributed by atoms with Crippen LogP contribution in [0.4, 0.5) is 0 Å². The zero-order valence-electron chi connectivity index (χ0n) is 14.2. The molecular weight excluding hydrogens is 314 g/mol. The SMILES string of the molecule is Cc1ccc(CNC(=O)CN2N=C(c3ccccc3)CCC2=O)cc1. The van der Waals surface area contributed by atoms with Crippen LogP contribution in [0.1, 0.15) is 29.5 Å². The van der Waals surface area contributed by atoms with E-state index < -0.39 is 0 Å². The van der Waals surface area contributed by atoms with Gasteiger partial charge in [-0.1, -0.05) is 60.2 Å². The van der Waals surface area contributed by atoms with Gasteiger partial charge in [-0.3, -0.25) is 9.59 Å². The van der Waals surface area contributed by atoms with Crippen molar-refractivity contribution < 1.29 is 9.59 Å². The molecule has 0 radical (unpaired) electrons. The van der Waals surface area contributed by atoms with Crippen molar-refractivity contribution in [3.05, 3.63) is 71.3 Å². The van der Waals surface area contributed by atoms with Crippen LogP contribution >= 0.6 is 0 Å². The lowest BCUT2D eigenvalue weighted by molar-refractivity contribution is -0.136. The third-order valence-electron chi connectivity index (χ3n) is 4.12. The van der Waals surface area contributed by atoms with E-state index in [1.807, 2.05) is 61.5 Å². The number of nitrogens with zero attached hydrogens (tertiary/aromatic N) is 2. The largest absolute Gasteiger partial charge is 0.350 e. The molecule has 1 N–H and O–H groups in total. The highest BCUT2D eigenvalue weighted by atomic mass is 16.2. The van der Waals surface area contributed by atoms with Crippen LogP contribution in [0.2, 0.25) is 0 Å². The van der Waals surface area contributed by atoms with E-state index in [4.69, 9.17) is 0 Å². The van der Waals surface area contributed by atoms with Crippen molar-refractivity contribution in [1.82, 2.24) is 10.3 Å². The van der Waals surface area contributed by atoms with Gasteiger partial charge in [0.1, 0.15) is 6.54 Å². The normalized spacial score (nSPS) is 14.2. The minimum atomic E-state index is -0.216. The molecule has 5 heteroatoms. The van der Waals surface area contributed by atoms with Crippen LogP contribution in [0.25, 0.3) is 0 Å². The smallest absolute Gasteiger partial charge is 0.243 e. The maximum absolute atomic E-state index is 12.2. The van der Waals surface area contributed by atoms with Gasteiger partial charge in [-0.05, 0) is 18.1 Å². The van der Waals surface area contributed by atoms with Crippen molar-refractivity contribution in [1.29, 1.82) is 0 Å². The Kier molecular flexibility index (Phi) is 5.23. The summed E-state index contributed by atoms with van der Waals surface area (Å²) in [5.41, 5.74) is 4.03. The Hall–Kier alpha value is -2.95. The van der Waals surface area contributed by atoms with E-state index in [0.29, 0.717) is 19.4 Å². The van der Waals surface area contributed by atoms with Crippen LogP contribution in [0.5, 0.6) is 0 Å². The minimum Gasteiger partial charge on any atom is -0.350 e. The molecule has 1 heterocycles. The topological polar surface area (TPSA) is 61.8 Å². The number of rotatable bonds is 5. The second-order valence-corrected chi connectivity index (χ2v) is 6.13. The monoisotopic (exact) mass is 335 g/mol. The molecule has 0 unspecified atom stereocenters. The van der Waals surface area contributed by atoms with Crippen LogP contribution < -0.4 is 5.32 Å². The number of hydrogen-bond donors (Lipinski definition) is 1. The van der Waals surface area contributed by atoms with Gasteiger partial charge in [0.15, 0.2) is 0 Å². The number of benzene rings is 2. The summed E-state index contributed by atoms with van der Waals surface area (Å²) in [5, 5.41) is 8.49. The minimum absolute atomic E-state index is 0.0545.